The molecular weight excluding hydrogens is 224 g/mol. The highest BCUT2D eigenvalue weighted by atomic mass is 16.6. The number of carbonyl (C=O) groups is 2. The number of esters is 2. The van der Waals surface area contributed by atoms with E-state index in [1.54, 1.807) is 24.3 Å². The summed E-state index contributed by atoms with van der Waals surface area (Å²) >= 11 is 0. The molecule has 0 bridgehead atoms. The van der Waals surface area contributed by atoms with Crippen LogP contribution in [0.1, 0.15) is 5.56 Å². The van der Waals surface area contributed by atoms with Gasteiger partial charge in [0, 0.05) is 6.08 Å². The zero-order chi connectivity index (χ0) is 12.7. The zero-order valence-corrected chi connectivity index (χ0v) is 8.95. The highest BCUT2D eigenvalue weighted by Crippen LogP contribution is 2.01. The number of hydrogen-bond acceptors (Lipinski definition) is 5. The Morgan fingerprint density at radius 1 is 1.29 bits per heavy atom. The summed E-state index contributed by atoms with van der Waals surface area (Å²) in [6.07, 6.45) is 0.849. The summed E-state index contributed by atoms with van der Waals surface area (Å²) in [5.74, 6) is -2.07. The van der Waals surface area contributed by atoms with E-state index in [0.29, 0.717) is 0 Å². The summed E-state index contributed by atoms with van der Waals surface area (Å²) < 4.78 is 4.25. The highest BCUT2D eigenvalue weighted by Gasteiger charge is 2.17. The monoisotopic (exact) mass is 236 g/mol. The van der Waals surface area contributed by atoms with Crippen molar-refractivity contribution in [2.45, 2.75) is 6.10 Å². The number of hydrogen-bond donors (Lipinski definition) is 2. The van der Waals surface area contributed by atoms with Crippen molar-refractivity contribution in [3.63, 3.8) is 0 Å². The molecule has 17 heavy (non-hydrogen) atoms. The average Bonchev–Trinajstić information content (AvgIpc) is 2.36. The smallest absolute Gasteiger partial charge is 0.345 e. The molecule has 0 aliphatic heterocycles. The Bertz CT molecular complexity index is 410. The van der Waals surface area contributed by atoms with Crippen LogP contribution in [0.15, 0.2) is 36.4 Å². The molecule has 0 heterocycles. The number of carbonyl (C=O) groups excluding carboxylic acids is 2. The van der Waals surface area contributed by atoms with Gasteiger partial charge in [-0.1, -0.05) is 30.3 Å². The van der Waals surface area contributed by atoms with Crippen LogP contribution in [0.3, 0.4) is 0 Å². The molecule has 1 unspecified atom stereocenters. The fourth-order valence-corrected chi connectivity index (χ4v) is 1.00. The van der Waals surface area contributed by atoms with E-state index in [-0.39, 0.29) is 0 Å². The Morgan fingerprint density at radius 3 is 2.53 bits per heavy atom. The molecule has 5 heteroatoms. The maximum Gasteiger partial charge on any atom is 0.345 e. The summed E-state index contributed by atoms with van der Waals surface area (Å²) in [4.78, 5) is 22.0. The van der Waals surface area contributed by atoms with Gasteiger partial charge >= 0.3 is 11.9 Å². The number of ether oxygens (including phenoxy) is 1. The number of benzene rings is 1. The second kappa shape index (κ2) is 6.57. The third kappa shape index (κ3) is 4.58. The van der Waals surface area contributed by atoms with Crippen LogP contribution in [0.2, 0.25) is 0 Å². The molecule has 2 N–H and O–H groups in total. The molecule has 1 rings (SSSR count). The van der Waals surface area contributed by atoms with E-state index in [9.17, 15) is 9.59 Å². The van der Waals surface area contributed by atoms with Crippen LogP contribution in [0.5, 0.6) is 0 Å². The number of aliphatic hydroxyl groups excluding tert-OH is 2. The Balaban J connectivity index is 2.50. The molecule has 0 aromatic heterocycles. The Labute approximate surface area is 98.0 Å². The van der Waals surface area contributed by atoms with Crippen molar-refractivity contribution in [1.29, 1.82) is 0 Å². The fraction of sp³-hybridized carbons (Fsp3) is 0.167. The van der Waals surface area contributed by atoms with Gasteiger partial charge in [0.25, 0.3) is 0 Å². The molecular formula is C12H12O5. The molecule has 0 amide bonds. The molecule has 0 fully saturated rings. The lowest BCUT2D eigenvalue weighted by Gasteiger charge is -2.03. The van der Waals surface area contributed by atoms with E-state index >= 15 is 0 Å². The lowest BCUT2D eigenvalue weighted by molar-refractivity contribution is -0.164. The largest absolute Gasteiger partial charge is 0.393 e. The maximum absolute atomic E-state index is 11.1. The van der Waals surface area contributed by atoms with Crippen molar-refractivity contribution in [3.8, 4) is 0 Å². The topological polar surface area (TPSA) is 83.8 Å². The quantitative estimate of drug-likeness (QED) is 0.441. The first-order chi connectivity index (χ1) is 8.13. The maximum atomic E-state index is 11.1. The Hall–Kier alpha value is -1.98. The minimum absolute atomic E-state index is 0.777. The lowest BCUT2D eigenvalue weighted by atomic mass is 10.2. The SMILES string of the molecule is O=C(C=Cc1ccccc1)OC(=O)C(O)CO. The normalized spacial score (nSPS) is 12.4. The first kappa shape index (κ1) is 13.1. The molecule has 5 nitrogen and oxygen atoms in total. The van der Waals surface area contributed by atoms with Crippen LogP contribution < -0.4 is 0 Å². The van der Waals surface area contributed by atoms with E-state index < -0.39 is 24.6 Å². The summed E-state index contributed by atoms with van der Waals surface area (Å²) in [5, 5.41) is 17.3. The summed E-state index contributed by atoms with van der Waals surface area (Å²) in [7, 11) is 0. The molecule has 0 saturated heterocycles. The second-order valence-corrected chi connectivity index (χ2v) is 3.18. The predicted molar refractivity (Wildman–Crippen MR) is 59.7 cm³/mol. The van der Waals surface area contributed by atoms with E-state index in [2.05, 4.69) is 4.74 Å². The van der Waals surface area contributed by atoms with Crippen LogP contribution in [0, 0.1) is 0 Å². The van der Waals surface area contributed by atoms with E-state index in [1.165, 1.54) is 6.08 Å². The number of rotatable bonds is 4. The molecule has 0 aliphatic carbocycles. The number of aliphatic hydroxyl groups is 2. The predicted octanol–water partition coefficient (Wildman–Crippen LogP) is 0.123. The third-order valence-corrected chi connectivity index (χ3v) is 1.86. The fourth-order valence-electron chi connectivity index (χ4n) is 1.00. The average molecular weight is 236 g/mol. The van der Waals surface area contributed by atoms with E-state index in [0.717, 1.165) is 11.6 Å². The van der Waals surface area contributed by atoms with Gasteiger partial charge in [-0.05, 0) is 11.6 Å². The van der Waals surface area contributed by atoms with Gasteiger partial charge in [-0.15, -0.1) is 0 Å². The molecule has 0 aliphatic rings. The highest BCUT2D eigenvalue weighted by molar-refractivity contribution is 5.95. The van der Waals surface area contributed by atoms with Crippen molar-refractivity contribution in [3.05, 3.63) is 42.0 Å². The Kier molecular flexibility index (Phi) is 5.06. The standard InChI is InChI=1S/C12H12O5/c13-8-10(14)12(16)17-11(15)7-6-9-4-2-1-3-5-9/h1-7,10,13-14H,8H2. The first-order valence-corrected chi connectivity index (χ1v) is 4.91. The van der Waals surface area contributed by atoms with Gasteiger partial charge in [-0.25, -0.2) is 9.59 Å². The van der Waals surface area contributed by atoms with Crippen molar-refractivity contribution >= 4 is 18.0 Å². The molecule has 90 valence electrons. The zero-order valence-electron chi connectivity index (χ0n) is 8.95. The minimum Gasteiger partial charge on any atom is -0.393 e. The molecule has 1 aromatic carbocycles. The van der Waals surface area contributed by atoms with Gasteiger partial charge in [0.1, 0.15) is 0 Å². The van der Waals surface area contributed by atoms with Crippen LogP contribution in [-0.4, -0.2) is 34.9 Å². The van der Waals surface area contributed by atoms with Crippen LogP contribution in [0.4, 0.5) is 0 Å². The van der Waals surface area contributed by atoms with Crippen molar-refractivity contribution in [1.82, 2.24) is 0 Å². The lowest BCUT2D eigenvalue weighted by Crippen LogP contribution is -2.28. The van der Waals surface area contributed by atoms with Gasteiger partial charge in [0.05, 0.1) is 6.61 Å². The van der Waals surface area contributed by atoms with E-state index in [1.807, 2.05) is 6.07 Å². The third-order valence-electron chi connectivity index (χ3n) is 1.86. The molecule has 1 aromatic rings. The van der Waals surface area contributed by atoms with Gasteiger partial charge in [-0.3, -0.25) is 0 Å². The van der Waals surface area contributed by atoms with Gasteiger partial charge in [0.15, 0.2) is 6.10 Å². The van der Waals surface area contributed by atoms with Gasteiger partial charge < -0.3 is 14.9 Å². The van der Waals surface area contributed by atoms with Gasteiger partial charge in [-0.2, -0.15) is 0 Å². The summed E-state index contributed by atoms with van der Waals surface area (Å²) in [6, 6.07) is 8.97. The van der Waals surface area contributed by atoms with Crippen molar-refractivity contribution in [2.24, 2.45) is 0 Å². The van der Waals surface area contributed by atoms with Crippen molar-refractivity contribution in [2.75, 3.05) is 6.61 Å². The van der Waals surface area contributed by atoms with Crippen LogP contribution >= 0.6 is 0 Å². The summed E-state index contributed by atoms with van der Waals surface area (Å²) in [5.41, 5.74) is 0.777. The summed E-state index contributed by atoms with van der Waals surface area (Å²) in [6.45, 7) is -0.783. The molecule has 0 radical (unpaired) electrons. The van der Waals surface area contributed by atoms with E-state index in [4.69, 9.17) is 10.2 Å². The van der Waals surface area contributed by atoms with Gasteiger partial charge in [0.2, 0.25) is 0 Å². The first-order valence-electron chi connectivity index (χ1n) is 4.91. The van der Waals surface area contributed by atoms with Crippen LogP contribution in [0.25, 0.3) is 6.08 Å². The second-order valence-electron chi connectivity index (χ2n) is 3.18. The van der Waals surface area contributed by atoms with Crippen molar-refractivity contribution < 1.29 is 24.5 Å². The minimum atomic E-state index is -1.69. The molecule has 0 spiro atoms. The van der Waals surface area contributed by atoms with Crippen LogP contribution in [-0.2, 0) is 14.3 Å². The molecule has 1 atom stereocenters. The molecule has 0 saturated carbocycles. The Morgan fingerprint density at radius 2 is 1.94 bits per heavy atom.